The van der Waals surface area contributed by atoms with Crippen molar-refractivity contribution in [3.05, 3.63) is 58.1 Å². The third kappa shape index (κ3) is 7.06. The average molecular weight is 433 g/mol. The minimum atomic E-state index is -0.225. The fourth-order valence-corrected chi connectivity index (χ4v) is 2.76. The van der Waals surface area contributed by atoms with Gasteiger partial charge in [-0.05, 0) is 48.2 Å². The van der Waals surface area contributed by atoms with E-state index in [2.05, 4.69) is 52.4 Å². The van der Waals surface area contributed by atoms with Gasteiger partial charge in [-0.1, -0.05) is 41.9 Å². The zero-order chi connectivity index (χ0) is 19.6. The topological polar surface area (TPSA) is 59.9 Å². The van der Waals surface area contributed by atoms with E-state index in [9.17, 15) is 4.79 Å². The molecule has 0 heterocycles. The van der Waals surface area contributed by atoms with Gasteiger partial charge in [0, 0.05) is 17.0 Å². The molecule has 1 N–H and O–H groups in total. The number of ether oxygens (including phenoxy) is 2. The summed E-state index contributed by atoms with van der Waals surface area (Å²) in [5.41, 5.74) is 4.46. The number of benzene rings is 2. The van der Waals surface area contributed by atoms with Crippen molar-refractivity contribution in [2.75, 3.05) is 13.2 Å². The van der Waals surface area contributed by atoms with Crippen molar-refractivity contribution in [2.45, 2.75) is 33.1 Å². The Morgan fingerprint density at radius 2 is 1.89 bits per heavy atom. The first kappa shape index (κ1) is 21.0. The number of halogens is 1. The molecule has 2 rings (SSSR count). The van der Waals surface area contributed by atoms with Gasteiger partial charge in [-0.25, -0.2) is 5.43 Å². The summed E-state index contributed by atoms with van der Waals surface area (Å²) in [6, 6.07) is 13.8. The van der Waals surface area contributed by atoms with Crippen LogP contribution in [0.2, 0.25) is 0 Å². The number of nitrogens with zero attached hydrogens (tertiary/aromatic N) is 1. The van der Waals surface area contributed by atoms with Crippen molar-refractivity contribution >= 4 is 28.1 Å². The summed E-state index contributed by atoms with van der Waals surface area (Å²) < 4.78 is 12.4. The van der Waals surface area contributed by atoms with Crippen LogP contribution < -0.4 is 14.9 Å². The van der Waals surface area contributed by atoms with Gasteiger partial charge >= 0.3 is 0 Å². The molecule has 0 spiro atoms. The van der Waals surface area contributed by atoms with Gasteiger partial charge in [0.15, 0.2) is 0 Å². The standard InChI is InChI=1S/C21H25BrN2O3/c1-4-15(2)17-5-8-20(9-6-17)26-11-12-27-21-10-7-19(22)13-18(21)14-23-24-16(3)25/h5-10,13-15H,4,11-12H2,1-3H3,(H,24,25)/b23-14+. The van der Waals surface area contributed by atoms with Crippen molar-refractivity contribution in [1.82, 2.24) is 5.43 Å². The van der Waals surface area contributed by atoms with Gasteiger partial charge in [-0.15, -0.1) is 0 Å². The number of hydrogen-bond donors (Lipinski definition) is 1. The van der Waals surface area contributed by atoms with Crippen LogP contribution in [0.1, 0.15) is 44.2 Å². The summed E-state index contributed by atoms with van der Waals surface area (Å²) in [5.74, 6) is 1.82. The van der Waals surface area contributed by atoms with Crippen LogP contribution in [-0.4, -0.2) is 25.3 Å². The molecule has 6 heteroatoms. The first-order valence-corrected chi connectivity index (χ1v) is 9.73. The number of hydrazone groups is 1. The maximum Gasteiger partial charge on any atom is 0.236 e. The van der Waals surface area contributed by atoms with Gasteiger partial charge in [-0.3, -0.25) is 4.79 Å². The molecule has 0 bridgehead atoms. The molecule has 0 aliphatic heterocycles. The third-order valence-electron chi connectivity index (χ3n) is 4.07. The second-order valence-electron chi connectivity index (χ2n) is 6.18. The predicted octanol–water partition coefficient (Wildman–Crippen LogP) is 4.89. The summed E-state index contributed by atoms with van der Waals surface area (Å²) in [5, 5.41) is 3.89. The molecular formula is C21H25BrN2O3. The van der Waals surface area contributed by atoms with Crippen LogP contribution in [0.3, 0.4) is 0 Å². The lowest BCUT2D eigenvalue weighted by atomic mass is 9.99. The SMILES string of the molecule is CCC(C)c1ccc(OCCOc2ccc(Br)cc2/C=N/NC(C)=O)cc1. The highest BCUT2D eigenvalue weighted by atomic mass is 79.9. The molecule has 0 saturated carbocycles. The maximum absolute atomic E-state index is 10.9. The van der Waals surface area contributed by atoms with Crippen molar-refractivity contribution in [3.8, 4) is 11.5 Å². The third-order valence-corrected chi connectivity index (χ3v) is 4.56. The first-order valence-electron chi connectivity index (χ1n) is 8.94. The van der Waals surface area contributed by atoms with E-state index in [-0.39, 0.29) is 5.91 Å². The fraction of sp³-hybridized carbons (Fsp3) is 0.333. The average Bonchev–Trinajstić information content (AvgIpc) is 2.66. The van der Waals surface area contributed by atoms with E-state index in [0.29, 0.717) is 24.9 Å². The molecule has 1 atom stereocenters. The number of amides is 1. The normalized spacial score (nSPS) is 12.0. The van der Waals surface area contributed by atoms with Gasteiger partial charge in [0.2, 0.25) is 5.91 Å². The Morgan fingerprint density at radius 3 is 2.56 bits per heavy atom. The van der Waals surface area contributed by atoms with Crippen LogP contribution in [-0.2, 0) is 4.79 Å². The Hall–Kier alpha value is -2.34. The van der Waals surface area contributed by atoms with Gasteiger partial charge in [-0.2, -0.15) is 5.10 Å². The number of carbonyl (C=O) groups excluding carboxylic acids is 1. The summed E-state index contributed by atoms with van der Waals surface area (Å²) >= 11 is 3.42. The van der Waals surface area contributed by atoms with Crippen LogP contribution in [0.15, 0.2) is 52.0 Å². The van der Waals surface area contributed by atoms with Gasteiger partial charge in [0.05, 0.1) is 6.21 Å². The Bertz CT molecular complexity index is 775. The van der Waals surface area contributed by atoms with E-state index in [1.807, 2.05) is 30.3 Å². The van der Waals surface area contributed by atoms with Crippen molar-refractivity contribution in [3.63, 3.8) is 0 Å². The van der Waals surface area contributed by atoms with Crippen LogP contribution in [0.5, 0.6) is 11.5 Å². The van der Waals surface area contributed by atoms with Crippen molar-refractivity contribution in [2.24, 2.45) is 5.10 Å². The maximum atomic E-state index is 10.9. The van der Waals surface area contributed by atoms with E-state index in [4.69, 9.17) is 9.47 Å². The molecule has 0 aliphatic rings. The monoisotopic (exact) mass is 432 g/mol. The fourth-order valence-electron chi connectivity index (χ4n) is 2.38. The lowest BCUT2D eigenvalue weighted by Gasteiger charge is -2.12. The Labute approximate surface area is 168 Å². The molecule has 144 valence electrons. The Morgan fingerprint density at radius 1 is 1.19 bits per heavy atom. The van der Waals surface area contributed by atoms with Crippen LogP contribution >= 0.6 is 15.9 Å². The lowest BCUT2D eigenvalue weighted by Crippen LogP contribution is -2.13. The summed E-state index contributed by atoms with van der Waals surface area (Å²) in [4.78, 5) is 10.9. The molecule has 27 heavy (non-hydrogen) atoms. The second kappa shape index (κ2) is 10.7. The Balaban J connectivity index is 1.87. The molecule has 0 saturated heterocycles. The second-order valence-corrected chi connectivity index (χ2v) is 7.10. The highest BCUT2D eigenvalue weighted by Gasteiger charge is 2.05. The predicted molar refractivity (Wildman–Crippen MR) is 112 cm³/mol. The summed E-state index contributed by atoms with van der Waals surface area (Å²) in [6.45, 7) is 6.64. The first-order chi connectivity index (χ1) is 13.0. The molecule has 0 fully saturated rings. The number of rotatable bonds is 9. The van der Waals surface area contributed by atoms with Crippen molar-refractivity contribution < 1.29 is 14.3 Å². The highest BCUT2D eigenvalue weighted by Crippen LogP contribution is 2.23. The van der Waals surface area contributed by atoms with Gasteiger partial charge in [0.25, 0.3) is 0 Å². The van der Waals surface area contributed by atoms with E-state index in [0.717, 1.165) is 22.2 Å². The van der Waals surface area contributed by atoms with E-state index < -0.39 is 0 Å². The molecule has 5 nitrogen and oxygen atoms in total. The molecule has 1 unspecified atom stereocenters. The van der Waals surface area contributed by atoms with E-state index in [1.54, 1.807) is 6.21 Å². The quantitative estimate of drug-likeness (QED) is 0.348. The Kier molecular flexibility index (Phi) is 8.33. The number of hydrogen-bond acceptors (Lipinski definition) is 4. The molecule has 0 radical (unpaired) electrons. The molecule has 0 aliphatic carbocycles. The largest absolute Gasteiger partial charge is 0.490 e. The molecule has 1 amide bonds. The smallest absolute Gasteiger partial charge is 0.236 e. The zero-order valence-corrected chi connectivity index (χ0v) is 17.5. The minimum absolute atomic E-state index is 0.225. The van der Waals surface area contributed by atoms with E-state index >= 15 is 0 Å². The summed E-state index contributed by atoms with van der Waals surface area (Å²) in [6.07, 6.45) is 2.67. The zero-order valence-electron chi connectivity index (χ0n) is 15.9. The van der Waals surface area contributed by atoms with Crippen LogP contribution in [0.25, 0.3) is 0 Å². The van der Waals surface area contributed by atoms with E-state index in [1.165, 1.54) is 12.5 Å². The highest BCUT2D eigenvalue weighted by molar-refractivity contribution is 9.10. The molecule has 2 aromatic rings. The van der Waals surface area contributed by atoms with Crippen LogP contribution in [0, 0.1) is 0 Å². The minimum Gasteiger partial charge on any atom is -0.490 e. The van der Waals surface area contributed by atoms with Gasteiger partial charge in [0.1, 0.15) is 24.7 Å². The van der Waals surface area contributed by atoms with Gasteiger partial charge < -0.3 is 9.47 Å². The van der Waals surface area contributed by atoms with Crippen molar-refractivity contribution in [1.29, 1.82) is 0 Å². The molecular weight excluding hydrogens is 408 g/mol. The van der Waals surface area contributed by atoms with Crippen LogP contribution in [0.4, 0.5) is 0 Å². The molecule has 0 aromatic heterocycles. The lowest BCUT2D eigenvalue weighted by molar-refractivity contribution is -0.118. The summed E-state index contributed by atoms with van der Waals surface area (Å²) in [7, 11) is 0. The number of carbonyl (C=O) groups is 1. The number of nitrogens with one attached hydrogen (secondary N) is 1. The molecule has 2 aromatic carbocycles.